The zero-order valence-electron chi connectivity index (χ0n) is 11.9. The van der Waals surface area contributed by atoms with Crippen molar-refractivity contribution in [1.29, 1.82) is 0 Å². The molecule has 1 amide bonds. The van der Waals surface area contributed by atoms with Crippen LogP contribution in [0.15, 0.2) is 52.9 Å². The molecular formula is C17H15N3O2. The summed E-state index contributed by atoms with van der Waals surface area (Å²) < 4.78 is 5.61. The number of oxazole rings is 1. The van der Waals surface area contributed by atoms with E-state index in [-0.39, 0.29) is 11.8 Å². The number of nitrogens with zero attached hydrogens (tertiary/aromatic N) is 1. The van der Waals surface area contributed by atoms with E-state index in [1.54, 1.807) is 0 Å². The van der Waals surface area contributed by atoms with Gasteiger partial charge in [-0.2, -0.15) is 4.98 Å². The molecule has 1 aliphatic rings. The van der Waals surface area contributed by atoms with Gasteiger partial charge in [-0.05, 0) is 30.2 Å². The van der Waals surface area contributed by atoms with Gasteiger partial charge in [0.1, 0.15) is 5.52 Å². The van der Waals surface area contributed by atoms with E-state index in [0.717, 1.165) is 22.4 Å². The van der Waals surface area contributed by atoms with Gasteiger partial charge in [0, 0.05) is 12.2 Å². The lowest BCUT2D eigenvalue weighted by Crippen LogP contribution is -2.15. The molecular weight excluding hydrogens is 278 g/mol. The van der Waals surface area contributed by atoms with E-state index < -0.39 is 0 Å². The summed E-state index contributed by atoms with van der Waals surface area (Å²) in [6, 6.07) is 15.9. The lowest BCUT2D eigenvalue weighted by molar-refractivity contribution is -0.117. The van der Waals surface area contributed by atoms with Gasteiger partial charge in [0.2, 0.25) is 5.91 Å². The van der Waals surface area contributed by atoms with Crippen molar-refractivity contribution in [2.45, 2.75) is 12.3 Å². The van der Waals surface area contributed by atoms with Crippen molar-refractivity contribution in [2.24, 2.45) is 0 Å². The Morgan fingerprint density at radius 3 is 2.86 bits per heavy atom. The molecule has 1 aliphatic heterocycles. The zero-order chi connectivity index (χ0) is 14.9. The van der Waals surface area contributed by atoms with E-state index >= 15 is 0 Å². The number of nitrogens with one attached hydrogen (secondary N) is 2. The number of rotatable bonds is 4. The van der Waals surface area contributed by atoms with Crippen LogP contribution in [0.3, 0.4) is 0 Å². The maximum atomic E-state index is 12.0. The number of para-hydroxylation sites is 3. The summed E-state index contributed by atoms with van der Waals surface area (Å²) in [5, 5.41) is 6.07. The van der Waals surface area contributed by atoms with E-state index in [4.69, 9.17) is 4.42 Å². The molecule has 4 rings (SSSR count). The van der Waals surface area contributed by atoms with Gasteiger partial charge in [0.15, 0.2) is 5.58 Å². The van der Waals surface area contributed by atoms with E-state index in [2.05, 4.69) is 15.6 Å². The van der Waals surface area contributed by atoms with Crippen LogP contribution in [0.4, 0.5) is 11.7 Å². The Morgan fingerprint density at radius 2 is 1.95 bits per heavy atom. The maximum absolute atomic E-state index is 12.0. The second kappa shape index (κ2) is 5.18. The Bertz CT molecular complexity index is 808. The molecule has 0 radical (unpaired) electrons. The van der Waals surface area contributed by atoms with Gasteiger partial charge in [-0.1, -0.05) is 30.3 Å². The third-order valence-corrected chi connectivity index (χ3v) is 3.91. The first-order chi connectivity index (χ1) is 10.8. The molecule has 0 aliphatic carbocycles. The highest BCUT2D eigenvalue weighted by atomic mass is 16.4. The number of fused-ring (bicyclic) bond motifs is 2. The van der Waals surface area contributed by atoms with Crippen molar-refractivity contribution in [3.8, 4) is 0 Å². The minimum Gasteiger partial charge on any atom is -0.424 e. The normalized spacial score (nSPS) is 16.5. The number of anilines is 2. The van der Waals surface area contributed by atoms with Gasteiger partial charge in [-0.15, -0.1) is 0 Å². The van der Waals surface area contributed by atoms with E-state index in [0.29, 0.717) is 19.0 Å². The first-order valence-electron chi connectivity index (χ1n) is 7.30. The van der Waals surface area contributed by atoms with Crippen molar-refractivity contribution >= 4 is 28.7 Å². The smallest absolute Gasteiger partial charge is 0.295 e. The number of amides is 1. The highest BCUT2D eigenvalue weighted by molar-refractivity contribution is 6.02. The SMILES string of the molecule is O=C1Nc2ccccc2[C@@H]1CCNc1nc2ccccc2o1. The largest absolute Gasteiger partial charge is 0.424 e. The van der Waals surface area contributed by atoms with Gasteiger partial charge in [0.05, 0.1) is 5.92 Å². The second-order valence-electron chi connectivity index (χ2n) is 5.33. The molecule has 3 aromatic rings. The van der Waals surface area contributed by atoms with E-state index in [9.17, 15) is 4.79 Å². The molecule has 1 atom stereocenters. The molecule has 2 aromatic carbocycles. The van der Waals surface area contributed by atoms with Crippen LogP contribution in [-0.4, -0.2) is 17.4 Å². The molecule has 5 nitrogen and oxygen atoms in total. The molecule has 0 bridgehead atoms. The predicted molar refractivity (Wildman–Crippen MR) is 84.9 cm³/mol. The second-order valence-corrected chi connectivity index (χ2v) is 5.33. The monoisotopic (exact) mass is 293 g/mol. The number of benzene rings is 2. The summed E-state index contributed by atoms with van der Waals surface area (Å²) in [6.45, 7) is 0.624. The van der Waals surface area contributed by atoms with E-state index in [1.807, 2.05) is 48.5 Å². The predicted octanol–water partition coefficient (Wildman–Crippen LogP) is 3.37. The lowest BCUT2D eigenvalue weighted by Gasteiger charge is -2.08. The number of carbonyl (C=O) groups is 1. The Morgan fingerprint density at radius 1 is 1.14 bits per heavy atom. The number of hydrogen-bond donors (Lipinski definition) is 2. The minimum atomic E-state index is -0.118. The van der Waals surface area contributed by atoms with Crippen LogP contribution < -0.4 is 10.6 Å². The van der Waals surface area contributed by atoms with Crippen molar-refractivity contribution in [3.05, 3.63) is 54.1 Å². The molecule has 22 heavy (non-hydrogen) atoms. The summed E-state index contributed by atoms with van der Waals surface area (Å²) in [4.78, 5) is 16.4. The zero-order valence-corrected chi connectivity index (χ0v) is 11.9. The van der Waals surface area contributed by atoms with E-state index in [1.165, 1.54) is 0 Å². The molecule has 2 heterocycles. The molecule has 0 saturated heterocycles. The maximum Gasteiger partial charge on any atom is 0.295 e. The molecule has 0 spiro atoms. The van der Waals surface area contributed by atoms with Crippen molar-refractivity contribution in [1.82, 2.24) is 4.98 Å². The van der Waals surface area contributed by atoms with Crippen molar-refractivity contribution < 1.29 is 9.21 Å². The summed E-state index contributed by atoms with van der Waals surface area (Å²) in [7, 11) is 0. The Kier molecular flexibility index (Phi) is 3.04. The minimum absolute atomic E-state index is 0.0561. The first-order valence-corrected chi connectivity index (χ1v) is 7.30. The Hall–Kier alpha value is -2.82. The number of aromatic nitrogens is 1. The fourth-order valence-corrected chi connectivity index (χ4v) is 2.83. The van der Waals surface area contributed by atoms with Gasteiger partial charge >= 0.3 is 0 Å². The standard InChI is InChI=1S/C17H15N3O2/c21-16-12(11-5-1-2-6-13(11)19-16)9-10-18-17-20-14-7-3-4-8-15(14)22-17/h1-8,12H,9-10H2,(H,18,20)(H,19,21)/t12-/m0/s1. The summed E-state index contributed by atoms with van der Waals surface area (Å²) in [6.07, 6.45) is 0.696. The van der Waals surface area contributed by atoms with Crippen LogP contribution in [0.1, 0.15) is 17.9 Å². The third kappa shape index (κ3) is 2.20. The van der Waals surface area contributed by atoms with Crippen LogP contribution in [0.2, 0.25) is 0 Å². The molecule has 0 unspecified atom stereocenters. The van der Waals surface area contributed by atoms with Crippen LogP contribution in [0, 0.1) is 0 Å². The van der Waals surface area contributed by atoms with Crippen LogP contribution in [0.5, 0.6) is 0 Å². The van der Waals surface area contributed by atoms with Gasteiger partial charge < -0.3 is 15.1 Å². The van der Waals surface area contributed by atoms with Gasteiger partial charge in [-0.3, -0.25) is 4.79 Å². The molecule has 0 saturated carbocycles. The van der Waals surface area contributed by atoms with Crippen molar-refractivity contribution in [3.63, 3.8) is 0 Å². The quantitative estimate of drug-likeness (QED) is 0.774. The van der Waals surface area contributed by atoms with Gasteiger partial charge in [-0.25, -0.2) is 0 Å². The third-order valence-electron chi connectivity index (χ3n) is 3.91. The molecule has 110 valence electrons. The topological polar surface area (TPSA) is 67.2 Å². The molecule has 1 aromatic heterocycles. The number of hydrogen-bond acceptors (Lipinski definition) is 4. The van der Waals surface area contributed by atoms with Crippen LogP contribution in [-0.2, 0) is 4.79 Å². The Labute approximate surface area is 127 Å². The molecule has 2 N–H and O–H groups in total. The fraction of sp³-hybridized carbons (Fsp3) is 0.176. The summed E-state index contributed by atoms with van der Waals surface area (Å²) in [5.74, 6) is -0.0614. The van der Waals surface area contributed by atoms with Crippen LogP contribution >= 0.6 is 0 Å². The first kappa shape index (κ1) is 12.9. The number of carbonyl (C=O) groups excluding carboxylic acids is 1. The average Bonchev–Trinajstić information content (AvgIpc) is 3.08. The van der Waals surface area contributed by atoms with Crippen LogP contribution in [0.25, 0.3) is 11.1 Å². The highest BCUT2D eigenvalue weighted by Gasteiger charge is 2.29. The summed E-state index contributed by atoms with van der Waals surface area (Å²) >= 11 is 0. The highest BCUT2D eigenvalue weighted by Crippen LogP contribution is 2.34. The Balaban J connectivity index is 1.44. The lowest BCUT2D eigenvalue weighted by atomic mass is 9.97. The summed E-state index contributed by atoms with van der Waals surface area (Å²) in [5.41, 5.74) is 3.56. The van der Waals surface area contributed by atoms with Crippen molar-refractivity contribution in [2.75, 3.05) is 17.2 Å². The fourth-order valence-electron chi connectivity index (χ4n) is 2.83. The van der Waals surface area contributed by atoms with Gasteiger partial charge in [0.25, 0.3) is 6.01 Å². The average molecular weight is 293 g/mol. The molecule has 0 fully saturated rings. The molecule has 5 heteroatoms.